The number of esters is 1. The fourth-order valence-corrected chi connectivity index (χ4v) is 3.16. The maximum Gasteiger partial charge on any atom is 0.325 e. The molecule has 0 radical (unpaired) electrons. The summed E-state index contributed by atoms with van der Waals surface area (Å²) in [6.07, 6.45) is 0.926. The summed E-state index contributed by atoms with van der Waals surface area (Å²) >= 11 is 5.70. The monoisotopic (exact) mass is 435 g/mol. The van der Waals surface area contributed by atoms with Crippen molar-refractivity contribution >= 4 is 34.9 Å². The van der Waals surface area contributed by atoms with Crippen molar-refractivity contribution in [2.75, 3.05) is 13.2 Å². The maximum absolute atomic E-state index is 12.4. The first-order chi connectivity index (χ1) is 14.1. The third kappa shape index (κ3) is 5.44. The Morgan fingerprint density at radius 1 is 1.23 bits per heavy atom. The van der Waals surface area contributed by atoms with E-state index in [0.717, 1.165) is 30.4 Å². The first kappa shape index (κ1) is 23.1. The van der Waals surface area contributed by atoms with E-state index in [0.29, 0.717) is 5.56 Å². The number of nitrogens with one attached hydrogen (secondary N) is 1. The Morgan fingerprint density at radius 2 is 1.93 bits per heavy atom. The van der Waals surface area contributed by atoms with Gasteiger partial charge >= 0.3 is 5.97 Å². The first-order valence-corrected chi connectivity index (χ1v) is 9.61. The zero-order chi connectivity index (χ0) is 22.4. The van der Waals surface area contributed by atoms with Gasteiger partial charge in [-0.3, -0.25) is 24.5 Å². The molecule has 2 aromatic rings. The average molecular weight is 436 g/mol. The number of nitro benzene ring substituents is 1. The van der Waals surface area contributed by atoms with E-state index in [2.05, 4.69) is 5.32 Å². The number of carbonyl (C=O) groups is 3. The van der Waals surface area contributed by atoms with Crippen LogP contribution in [0.3, 0.4) is 0 Å². The normalized spacial score (nSPS) is 10.5. The smallest absolute Gasteiger partial charge is 0.325 e. The Hall–Kier alpha value is -3.20. The van der Waals surface area contributed by atoms with Crippen LogP contribution in [-0.4, -0.2) is 40.3 Å². The minimum Gasteiger partial charge on any atom is -0.456 e. The molecule has 0 aliphatic rings. The molecule has 30 heavy (non-hydrogen) atoms. The van der Waals surface area contributed by atoms with Gasteiger partial charge in [0.2, 0.25) is 5.78 Å². The molecule has 0 bridgehead atoms. The van der Waals surface area contributed by atoms with Crippen LogP contribution < -0.4 is 5.32 Å². The van der Waals surface area contributed by atoms with E-state index in [1.54, 1.807) is 6.07 Å². The Morgan fingerprint density at radius 3 is 2.57 bits per heavy atom. The molecule has 1 N–H and O–H groups in total. The number of benzene rings is 1. The van der Waals surface area contributed by atoms with E-state index in [1.807, 2.05) is 25.3 Å². The highest BCUT2D eigenvalue weighted by Crippen LogP contribution is 2.25. The molecule has 1 heterocycles. The van der Waals surface area contributed by atoms with E-state index in [9.17, 15) is 24.5 Å². The lowest BCUT2D eigenvalue weighted by atomic mass is 10.1. The van der Waals surface area contributed by atoms with Crippen LogP contribution in [0.25, 0.3) is 0 Å². The molecular formula is C20H22ClN3O6. The van der Waals surface area contributed by atoms with Gasteiger partial charge in [0.15, 0.2) is 6.61 Å². The molecule has 0 unspecified atom stereocenters. The fourth-order valence-electron chi connectivity index (χ4n) is 2.97. The highest BCUT2D eigenvalue weighted by Gasteiger charge is 2.19. The fraction of sp³-hybridized carbons (Fsp3) is 0.350. The van der Waals surface area contributed by atoms with Gasteiger partial charge in [-0.15, -0.1) is 0 Å². The molecule has 0 saturated carbocycles. The summed E-state index contributed by atoms with van der Waals surface area (Å²) in [5, 5.41) is 13.1. The zero-order valence-electron chi connectivity index (χ0n) is 16.9. The van der Waals surface area contributed by atoms with Crippen molar-refractivity contribution in [1.82, 2.24) is 9.88 Å². The molecule has 1 amide bonds. The number of ether oxygens (including phenoxy) is 1. The molecule has 2 rings (SSSR count). The highest BCUT2D eigenvalue weighted by molar-refractivity contribution is 6.32. The second-order valence-corrected chi connectivity index (χ2v) is 7.03. The van der Waals surface area contributed by atoms with Crippen LogP contribution >= 0.6 is 11.6 Å². The van der Waals surface area contributed by atoms with Crippen molar-refractivity contribution in [1.29, 1.82) is 0 Å². The lowest BCUT2D eigenvalue weighted by Crippen LogP contribution is -2.31. The van der Waals surface area contributed by atoms with Gasteiger partial charge in [-0.25, -0.2) is 0 Å². The van der Waals surface area contributed by atoms with Gasteiger partial charge in [-0.05, 0) is 38.5 Å². The van der Waals surface area contributed by atoms with Crippen molar-refractivity contribution in [2.45, 2.75) is 33.7 Å². The van der Waals surface area contributed by atoms with Crippen LogP contribution in [0.15, 0.2) is 24.3 Å². The maximum atomic E-state index is 12.4. The SMILES string of the molecule is CCCn1c(C)cc(C(=O)COC(=O)CNC(=O)c2ccc(Cl)c([N+](=O)[O-])c2)c1C. The molecule has 0 fully saturated rings. The Labute approximate surface area is 178 Å². The first-order valence-electron chi connectivity index (χ1n) is 9.23. The van der Waals surface area contributed by atoms with Crippen LogP contribution in [0.4, 0.5) is 5.69 Å². The molecule has 10 heteroatoms. The Balaban J connectivity index is 1.90. The molecular weight excluding hydrogens is 414 g/mol. The van der Waals surface area contributed by atoms with Gasteiger partial charge in [0.25, 0.3) is 11.6 Å². The highest BCUT2D eigenvalue weighted by atomic mass is 35.5. The summed E-state index contributed by atoms with van der Waals surface area (Å²) in [5.74, 6) is -1.85. The van der Waals surface area contributed by atoms with Gasteiger partial charge in [0, 0.05) is 35.1 Å². The van der Waals surface area contributed by atoms with Gasteiger partial charge in [-0.1, -0.05) is 18.5 Å². The molecule has 0 aliphatic heterocycles. The lowest BCUT2D eigenvalue weighted by Gasteiger charge is -2.08. The molecule has 0 aliphatic carbocycles. The standard InChI is InChI=1S/C20H22ClN3O6/c1-4-7-23-12(2)8-15(13(23)3)18(25)11-30-19(26)10-22-20(27)14-5-6-16(21)17(9-14)24(28)29/h5-6,8-9H,4,7,10-11H2,1-3H3,(H,22,27). The van der Waals surface area contributed by atoms with Gasteiger partial charge < -0.3 is 14.6 Å². The van der Waals surface area contributed by atoms with Crippen molar-refractivity contribution < 1.29 is 24.0 Å². The summed E-state index contributed by atoms with van der Waals surface area (Å²) in [6, 6.07) is 5.29. The number of aromatic nitrogens is 1. The number of halogens is 1. The van der Waals surface area contributed by atoms with Crippen LogP contribution in [0.1, 0.15) is 45.4 Å². The molecule has 9 nitrogen and oxygen atoms in total. The van der Waals surface area contributed by atoms with Gasteiger partial charge in [0.05, 0.1) is 4.92 Å². The van der Waals surface area contributed by atoms with Crippen LogP contribution in [0.5, 0.6) is 0 Å². The summed E-state index contributed by atoms with van der Waals surface area (Å²) in [7, 11) is 0. The number of nitrogens with zero attached hydrogens (tertiary/aromatic N) is 2. The van der Waals surface area contributed by atoms with E-state index in [-0.39, 0.29) is 16.4 Å². The van der Waals surface area contributed by atoms with Gasteiger partial charge in [-0.2, -0.15) is 0 Å². The third-order valence-electron chi connectivity index (χ3n) is 4.48. The second-order valence-electron chi connectivity index (χ2n) is 6.63. The number of nitro groups is 1. The number of Topliss-reactive ketones (excluding diaryl/α,β-unsaturated/α-hetero) is 1. The molecule has 0 atom stereocenters. The lowest BCUT2D eigenvalue weighted by molar-refractivity contribution is -0.384. The number of ketones is 1. The second kappa shape index (κ2) is 10.0. The molecule has 1 aromatic carbocycles. The topological polar surface area (TPSA) is 121 Å². The van der Waals surface area contributed by atoms with Crippen molar-refractivity contribution in [3.63, 3.8) is 0 Å². The minimum absolute atomic E-state index is 0.0293. The van der Waals surface area contributed by atoms with Crippen molar-refractivity contribution in [3.05, 3.63) is 61.9 Å². The van der Waals surface area contributed by atoms with Crippen LogP contribution in [0.2, 0.25) is 5.02 Å². The molecule has 160 valence electrons. The Kier molecular flexibility index (Phi) is 7.71. The van der Waals surface area contributed by atoms with Crippen LogP contribution in [-0.2, 0) is 16.1 Å². The summed E-state index contributed by atoms with van der Waals surface area (Å²) in [6.45, 7) is 5.64. The molecule has 0 spiro atoms. The summed E-state index contributed by atoms with van der Waals surface area (Å²) in [4.78, 5) is 46.5. The number of carbonyl (C=O) groups excluding carboxylic acids is 3. The van der Waals surface area contributed by atoms with E-state index in [1.165, 1.54) is 12.1 Å². The minimum atomic E-state index is -0.803. The number of rotatable bonds is 9. The summed E-state index contributed by atoms with van der Waals surface area (Å²) in [5.41, 5.74) is 1.81. The third-order valence-corrected chi connectivity index (χ3v) is 4.80. The molecule has 1 aromatic heterocycles. The number of amides is 1. The quantitative estimate of drug-likeness (QED) is 0.279. The predicted octanol–water partition coefficient (Wildman–Crippen LogP) is 3.23. The zero-order valence-corrected chi connectivity index (χ0v) is 17.6. The number of hydrogen-bond donors (Lipinski definition) is 1. The average Bonchev–Trinajstić information content (AvgIpc) is 2.99. The predicted molar refractivity (Wildman–Crippen MR) is 110 cm³/mol. The summed E-state index contributed by atoms with van der Waals surface area (Å²) < 4.78 is 6.98. The van der Waals surface area contributed by atoms with Gasteiger partial charge in [0.1, 0.15) is 11.6 Å². The van der Waals surface area contributed by atoms with E-state index in [4.69, 9.17) is 16.3 Å². The largest absolute Gasteiger partial charge is 0.456 e. The van der Waals surface area contributed by atoms with E-state index >= 15 is 0 Å². The molecule has 0 saturated heterocycles. The van der Waals surface area contributed by atoms with Crippen molar-refractivity contribution in [3.8, 4) is 0 Å². The Bertz CT molecular complexity index is 999. The van der Waals surface area contributed by atoms with Crippen LogP contribution in [0, 0.1) is 24.0 Å². The van der Waals surface area contributed by atoms with Crippen molar-refractivity contribution in [2.24, 2.45) is 0 Å². The van der Waals surface area contributed by atoms with E-state index < -0.39 is 35.6 Å². The number of hydrogen-bond acceptors (Lipinski definition) is 6. The number of aryl methyl sites for hydroxylation is 1.